The molecule has 3 rings (SSSR count). The molecule has 0 radical (unpaired) electrons. The molecule has 7 nitrogen and oxygen atoms in total. The number of hydrogen-bond donors (Lipinski definition) is 0. The molecule has 0 atom stereocenters. The van der Waals surface area contributed by atoms with Crippen LogP contribution in [-0.2, 0) is 20.9 Å². The summed E-state index contributed by atoms with van der Waals surface area (Å²) in [5, 5.41) is 0.395. The predicted octanol–water partition coefficient (Wildman–Crippen LogP) is 3.51. The molecule has 0 saturated carbocycles. The summed E-state index contributed by atoms with van der Waals surface area (Å²) in [5.74, 6) is -0.428. The molecule has 2 aromatic rings. The first-order valence-corrected chi connectivity index (χ1v) is 8.73. The molecule has 0 unspecified atom stereocenters. The van der Waals surface area contributed by atoms with Gasteiger partial charge in [-0.15, -0.1) is 0 Å². The fraction of sp³-hybridized carbons (Fsp3) is 0.316. The van der Waals surface area contributed by atoms with Crippen molar-refractivity contribution in [2.24, 2.45) is 0 Å². The van der Waals surface area contributed by atoms with E-state index in [0.717, 1.165) is 6.42 Å². The number of halogens is 1. The monoisotopic (exact) mass is 391 g/mol. The van der Waals surface area contributed by atoms with Gasteiger partial charge in [0, 0.05) is 13.0 Å². The predicted molar refractivity (Wildman–Crippen MR) is 96.9 cm³/mol. The Hall–Kier alpha value is -2.80. The Morgan fingerprint density at radius 3 is 2.70 bits per heavy atom. The number of methoxy groups -OCH3 is 1. The van der Waals surface area contributed by atoms with E-state index in [1.165, 1.54) is 19.2 Å². The molecule has 1 aromatic heterocycles. The molecule has 1 saturated heterocycles. The van der Waals surface area contributed by atoms with Crippen LogP contribution >= 0.6 is 11.6 Å². The summed E-state index contributed by atoms with van der Waals surface area (Å²) in [4.78, 5) is 37.5. The quantitative estimate of drug-likeness (QED) is 0.725. The van der Waals surface area contributed by atoms with Gasteiger partial charge < -0.3 is 18.8 Å². The molecular weight excluding hydrogens is 374 g/mol. The Balaban J connectivity index is 1.71. The van der Waals surface area contributed by atoms with E-state index < -0.39 is 11.9 Å². The number of rotatable bonds is 5. The highest BCUT2D eigenvalue weighted by atomic mass is 35.5. The number of anilines is 1. The van der Waals surface area contributed by atoms with Crippen molar-refractivity contribution < 1.29 is 28.3 Å². The van der Waals surface area contributed by atoms with Crippen LogP contribution in [0.3, 0.4) is 0 Å². The number of nitrogens with zero attached hydrogens (tertiary/aromatic N) is 1. The van der Waals surface area contributed by atoms with Gasteiger partial charge >= 0.3 is 11.9 Å². The van der Waals surface area contributed by atoms with Gasteiger partial charge in [0.15, 0.2) is 0 Å². The molecule has 1 amide bonds. The van der Waals surface area contributed by atoms with Crippen molar-refractivity contribution in [2.75, 3.05) is 18.6 Å². The van der Waals surface area contributed by atoms with Crippen molar-refractivity contribution in [1.29, 1.82) is 0 Å². The largest absolute Gasteiger partial charge is 0.465 e. The van der Waals surface area contributed by atoms with E-state index in [2.05, 4.69) is 4.74 Å². The minimum absolute atomic E-state index is 0.0242. The molecule has 1 fully saturated rings. The van der Waals surface area contributed by atoms with Gasteiger partial charge in [0.2, 0.25) is 5.91 Å². The summed E-state index contributed by atoms with van der Waals surface area (Å²) in [6, 6.07) is 6.11. The maximum atomic E-state index is 12.4. The summed E-state index contributed by atoms with van der Waals surface area (Å²) < 4.78 is 15.3. The lowest BCUT2D eigenvalue weighted by atomic mass is 10.2. The Bertz CT molecular complexity index is 904. The Morgan fingerprint density at radius 1 is 1.26 bits per heavy atom. The Kier molecular flexibility index (Phi) is 5.51. The van der Waals surface area contributed by atoms with Gasteiger partial charge in [0.1, 0.15) is 23.7 Å². The van der Waals surface area contributed by atoms with Gasteiger partial charge in [-0.2, -0.15) is 0 Å². The minimum atomic E-state index is -0.590. The maximum Gasteiger partial charge on any atom is 0.341 e. The third-order valence-corrected chi connectivity index (χ3v) is 4.59. The lowest BCUT2D eigenvalue weighted by Crippen LogP contribution is -2.24. The van der Waals surface area contributed by atoms with Crippen molar-refractivity contribution in [3.05, 3.63) is 51.9 Å². The number of aryl methyl sites for hydroxylation is 1. The van der Waals surface area contributed by atoms with E-state index in [0.29, 0.717) is 35.2 Å². The normalized spacial score (nSPS) is 13.7. The van der Waals surface area contributed by atoms with Crippen LogP contribution in [0.5, 0.6) is 0 Å². The van der Waals surface area contributed by atoms with E-state index >= 15 is 0 Å². The smallest absolute Gasteiger partial charge is 0.341 e. The van der Waals surface area contributed by atoms with E-state index in [1.54, 1.807) is 24.0 Å². The van der Waals surface area contributed by atoms with Crippen LogP contribution < -0.4 is 4.90 Å². The first-order valence-electron chi connectivity index (χ1n) is 8.35. The molecule has 0 bridgehead atoms. The van der Waals surface area contributed by atoms with Crippen molar-refractivity contribution in [2.45, 2.75) is 26.4 Å². The second-order valence-electron chi connectivity index (χ2n) is 6.07. The third kappa shape index (κ3) is 3.98. The van der Waals surface area contributed by atoms with Gasteiger partial charge in [-0.1, -0.05) is 11.6 Å². The van der Waals surface area contributed by atoms with Crippen molar-refractivity contribution in [3.63, 3.8) is 0 Å². The zero-order valence-corrected chi connectivity index (χ0v) is 15.7. The lowest BCUT2D eigenvalue weighted by molar-refractivity contribution is -0.117. The number of ether oxygens (including phenoxy) is 2. The van der Waals surface area contributed by atoms with Crippen LogP contribution in [0.4, 0.5) is 5.69 Å². The Labute approximate surface area is 160 Å². The number of furan rings is 1. The summed E-state index contributed by atoms with van der Waals surface area (Å²) in [5.41, 5.74) is 1.05. The molecule has 1 aliphatic rings. The van der Waals surface area contributed by atoms with Gasteiger partial charge in [0.25, 0.3) is 0 Å². The number of carbonyl (C=O) groups is 3. The summed E-state index contributed by atoms with van der Waals surface area (Å²) >= 11 is 6.18. The number of carbonyl (C=O) groups excluding carboxylic acids is 3. The van der Waals surface area contributed by atoms with Crippen molar-refractivity contribution >= 4 is 35.1 Å². The number of benzene rings is 1. The van der Waals surface area contributed by atoms with Crippen LogP contribution in [0.25, 0.3) is 0 Å². The van der Waals surface area contributed by atoms with Crippen molar-refractivity contribution in [1.82, 2.24) is 0 Å². The first kappa shape index (κ1) is 19.0. The zero-order chi connectivity index (χ0) is 19.6. The summed E-state index contributed by atoms with van der Waals surface area (Å²) in [6.07, 6.45) is 1.22. The van der Waals surface area contributed by atoms with E-state index in [-0.39, 0.29) is 23.6 Å². The second kappa shape index (κ2) is 7.84. The van der Waals surface area contributed by atoms with E-state index in [4.69, 9.17) is 20.8 Å². The van der Waals surface area contributed by atoms with Crippen LogP contribution in [-0.4, -0.2) is 31.5 Å². The van der Waals surface area contributed by atoms with Gasteiger partial charge in [-0.25, -0.2) is 9.59 Å². The van der Waals surface area contributed by atoms with Crippen molar-refractivity contribution in [3.8, 4) is 0 Å². The minimum Gasteiger partial charge on any atom is -0.465 e. The molecule has 1 aliphatic heterocycles. The SMILES string of the molecule is COC(=O)c1cc(COC(=O)c2ccc(Cl)c(N3CCCC3=O)c2)oc1C. The molecular formula is C19H18ClNO6. The third-order valence-electron chi connectivity index (χ3n) is 4.27. The average Bonchev–Trinajstić information content (AvgIpc) is 3.25. The highest BCUT2D eigenvalue weighted by molar-refractivity contribution is 6.34. The second-order valence-corrected chi connectivity index (χ2v) is 6.47. The standard InChI is InChI=1S/C19H18ClNO6/c1-11-14(19(24)25-2)9-13(27-11)10-26-18(23)12-5-6-15(20)16(8-12)21-7-3-4-17(21)22/h5-6,8-9H,3-4,7,10H2,1-2H3. The molecule has 8 heteroatoms. The highest BCUT2D eigenvalue weighted by Gasteiger charge is 2.25. The summed E-state index contributed by atoms with van der Waals surface area (Å²) in [7, 11) is 1.28. The fourth-order valence-electron chi connectivity index (χ4n) is 2.90. The van der Waals surface area contributed by atoms with Gasteiger partial charge in [0.05, 0.1) is 23.4 Å². The Morgan fingerprint density at radius 2 is 2.04 bits per heavy atom. The van der Waals surface area contributed by atoms with Crippen LogP contribution in [0, 0.1) is 6.92 Å². The average molecular weight is 392 g/mol. The lowest BCUT2D eigenvalue weighted by Gasteiger charge is -2.18. The number of esters is 2. The molecule has 142 valence electrons. The van der Waals surface area contributed by atoms with Crippen LogP contribution in [0.2, 0.25) is 5.02 Å². The first-order chi connectivity index (χ1) is 12.9. The van der Waals surface area contributed by atoms with E-state index in [1.807, 2.05) is 0 Å². The molecule has 27 heavy (non-hydrogen) atoms. The number of hydrogen-bond acceptors (Lipinski definition) is 6. The maximum absolute atomic E-state index is 12.4. The van der Waals surface area contributed by atoms with Crippen LogP contribution in [0.1, 0.15) is 45.1 Å². The molecule has 0 N–H and O–H groups in total. The molecule has 0 aliphatic carbocycles. The van der Waals surface area contributed by atoms with Gasteiger partial charge in [-0.05, 0) is 37.6 Å². The molecule has 1 aromatic carbocycles. The van der Waals surface area contributed by atoms with Gasteiger partial charge in [-0.3, -0.25) is 4.79 Å². The molecule has 2 heterocycles. The molecule has 0 spiro atoms. The zero-order valence-electron chi connectivity index (χ0n) is 14.9. The fourth-order valence-corrected chi connectivity index (χ4v) is 3.12. The number of amides is 1. The van der Waals surface area contributed by atoms with E-state index in [9.17, 15) is 14.4 Å². The van der Waals surface area contributed by atoms with Crippen LogP contribution in [0.15, 0.2) is 28.7 Å². The highest BCUT2D eigenvalue weighted by Crippen LogP contribution is 2.30. The summed E-state index contributed by atoms with van der Waals surface area (Å²) in [6.45, 7) is 2.05. The topological polar surface area (TPSA) is 86.0 Å².